The van der Waals surface area contributed by atoms with Crippen molar-refractivity contribution in [1.29, 1.82) is 0 Å². The third-order valence-electron chi connectivity index (χ3n) is 1.08. The fourth-order valence-corrected chi connectivity index (χ4v) is 0.605. The van der Waals surface area contributed by atoms with E-state index in [4.69, 9.17) is 9.84 Å². The minimum absolute atomic E-state index is 0.240. The maximum atomic E-state index is 9.99. The Balaban J connectivity index is 3.88. The molecule has 0 saturated carbocycles. The van der Waals surface area contributed by atoms with Crippen molar-refractivity contribution >= 4 is 5.97 Å². The van der Waals surface area contributed by atoms with Gasteiger partial charge in [0.15, 0.2) is 0 Å². The summed E-state index contributed by atoms with van der Waals surface area (Å²) in [7, 11) is 0. The summed E-state index contributed by atoms with van der Waals surface area (Å²) >= 11 is 0. The van der Waals surface area contributed by atoms with Gasteiger partial charge in [0.2, 0.25) is 0 Å². The van der Waals surface area contributed by atoms with E-state index in [1.165, 1.54) is 0 Å². The lowest BCUT2D eigenvalue weighted by atomic mass is 10.3. The summed E-state index contributed by atoms with van der Waals surface area (Å²) in [5, 5.41) is 8.20. The van der Waals surface area contributed by atoms with Gasteiger partial charge in [0.25, 0.3) is 0 Å². The Morgan fingerprint density at radius 2 is 2.27 bits per heavy atom. The summed E-state index contributed by atoms with van der Waals surface area (Å²) < 4.78 is 5.10. The lowest BCUT2D eigenvalue weighted by Crippen LogP contribution is -2.08. The van der Waals surface area contributed by atoms with Crippen LogP contribution in [0.1, 0.15) is 20.3 Å². The summed E-state index contributed by atoms with van der Waals surface area (Å²) in [6.07, 6.45) is 0.477. The van der Waals surface area contributed by atoms with E-state index in [2.05, 4.69) is 5.92 Å². The highest BCUT2D eigenvalue weighted by atomic mass is 16.5. The highest BCUT2D eigenvalue weighted by Gasteiger charge is 1.99. The number of rotatable bonds is 3. The highest BCUT2D eigenvalue weighted by Crippen LogP contribution is 1.94. The Morgan fingerprint density at radius 1 is 1.64 bits per heavy atom. The number of aliphatic carboxylic acids is 1. The van der Waals surface area contributed by atoms with Gasteiger partial charge in [0.1, 0.15) is 6.10 Å². The van der Waals surface area contributed by atoms with E-state index < -0.39 is 5.97 Å². The van der Waals surface area contributed by atoms with E-state index in [1.54, 1.807) is 0 Å². The minimum Gasteiger partial charge on any atom is -0.472 e. The van der Waals surface area contributed by atoms with Crippen LogP contribution < -0.4 is 0 Å². The molecule has 0 bridgehead atoms. The largest absolute Gasteiger partial charge is 0.472 e. The molecule has 0 rings (SSSR count). The number of carboxylic acids is 1. The van der Waals surface area contributed by atoms with Crippen LogP contribution >= 0.6 is 0 Å². The van der Waals surface area contributed by atoms with Crippen LogP contribution in [0.3, 0.4) is 0 Å². The highest BCUT2D eigenvalue weighted by molar-refractivity contribution is 5.86. The second kappa shape index (κ2) is 5.75. The van der Waals surface area contributed by atoms with Crippen LogP contribution in [-0.2, 0) is 9.53 Å². The van der Waals surface area contributed by atoms with E-state index >= 15 is 0 Å². The predicted octanol–water partition coefficient (Wildman–Crippen LogP) is 0.889. The van der Waals surface area contributed by atoms with Crippen molar-refractivity contribution < 1.29 is 14.6 Å². The normalized spacial score (nSPS) is 11.5. The lowest BCUT2D eigenvalue weighted by Gasteiger charge is -2.05. The van der Waals surface area contributed by atoms with Crippen LogP contribution in [-0.4, -0.2) is 23.8 Å². The number of carboxylic acid groups (broad SMARTS) is 1. The molecule has 0 heterocycles. The molecule has 1 N–H and O–H groups in total. The first kappa shape index (κ1) is 9.99. The molecule has 0 aliphatic carbocycles. The quantitative estimate of drug-likeness (QED) is 0.617. The second-order valence-electron chi connectivity index (χ2n) is 1.93. The summed E-state index contributed by atoms with van der Waals surface area (Å²) in [4.78, 5) is 9.99. The molecule has 0 saturated heterocycles. The van der Waals surface area contributed by atoms with E-state index in [-0.39, 0.29) is 6.10 Å². The van der Waals surface area contributed by atoms with Gasteiger partial charge in [0, 0.05) is 12.5 Å². The summed E-state index contributed by atoms with van der Waals surface area (Å²) in [6, 6.07) is 0. The Hall–Kier alpha value is -1.01. The van der Waals surface area contributed by atoms with E-state index in [0.29, 0.717) is 13.0 Å². The van der Waals surface area contributed by atoms with Crippen molar-refractivity contribution in [3.63, 3.8) is 0 Å². The fourth-order valence-electron chi connectivity index (χ4n) is 0.605. The molecular weight excluding hydrogens is 144 g/mol. The van der Waals surface area contributed by atoms with Crippen molar-refractivity contribution in [2.75, 3.05) is 6.61 Å². The topological polar surface area (TPSA) is 46.5 Å². The molecule has 0 aromatic rings. The first-order chi connectivity index (χ1) is 5.20. The molecule has 3 heteroatoms. The number of carbonyl (C=O) groups is 1. The zero-order valence-electron chi connectivity index (χ0n) is 6.76. The van der Waals surface area contributed by atoms with E-state index in [9.17, 15) is 4.79 Å². The molecule has 11 heavy (non-hydrogen) atoms. The Labute approximate surface area is 66.4 Å². The molecule has 3 nitrogen and oxygen atoms in total. The third-order valence-corrected chi connectivity index (χ3v) is 1.08. The van der Waals surface area contributed by atoms with Gasteiger partial charge in [-0.05, 0) is 13.3 Å². The molecule has 0 aromatic heterocycles. The zero-order valence-corrected chi connectivity index (χ0v) is 6.76. The fraction of sp³-hybridized carbons (Fsp3) is 0.625. The maximum absolute atomic E-state index is 9.99. The smallest absolute Gasteiger partial charge is 0.381 e. The van der Waals surface area contributed by atoms with Crippen LogP contribution in [0.15, 0.2) is 0 Å². The average molecular weight is 156 g/mol. The van der Waals surface area contributed by atoms with Gasteiger partial charge < -0.3 is 9.84 Å². The van der Waals surface area contributed by atoms with Crippen LogP contribution in [0.2, 0.25) is 0 Å². The molecule has 62 valence electrons. The molecule has 1 unspecified atom stereocenters. The molecule has 0 radical (unpaired) electrons. The SMILES string of the molecule is CCOC(C#CC(=O)O)CC. The Kier molecular flexibility index (Phi) is 5.22. The molecule has 0 aromatic carbocycles. The molecule has 0 fully saturated rings. The molecule has 0 aliphatic rings. The first-order valence-electron chi connectivity index (χ1n) is 3.56. The molecule has 0 amide bonds. The maximum Gasteiger partial charge on any atom is 0.381 e. The van der Waals surface area contributed by atoms with E-state index in [1.807, 2.05) is 19.8 Å². The van der Waals surface area contributed by atoms with Crippen LogP contribution in [0.25, 0.3) is 0 Å². The second-order valence-corrected chi connectivity index (χ2v) is 1.93. The molecule has 0 spiro atoms. The Morgan fingerprint density at radius 3 is 2.64 bits per heavy atom. The lowest BCUT2D eigenvalue weighted by molar-refractivity contribution is -0.130. The van der Waals surface area contributed by atoms with Crippen molar-refractivity contribution in [3.8, 4) is 11.8 Å². The van der Waals surface area contributed by atoms with Gasteiger partial charge in [-0.2, -0.15) is 0 Å². The summed E-state index contributed by atoms with van der Waals surface area (Å²) in [6.45, 7) is 4.31. The summed E-state index contributed by atoms with van der Waals surface area (Å²) in [5.74, 6) is 3.41. The van der Waals surface area contributed by atoms with Crippen molar-refractivity contribution in [2.24, 2.45) is 0 Å². The van der Waals surface area contributed by atoms with Crippen molar-refractivity contribution in [1.82, 2.24) is 0 Å². The number of hydrogen-bond donors (Lipinski definition) is 1. The number of hydrogen-bond acceptors (Lipinski definition) is 2. The average Bonchev–Trinajstić information content (AvgIpc) is 1.97. The van der Waals surface area contributed by atoms with E-state index in [0.717, 1.165) is 0 Å². The molecule has 1 atom stereocenters. The minimum atomic E-state index is -1.11. The zero-order chi connectivity index (χ0) is 8.69. The standard InChI is InChI=1S/C8H12O3/c1-3-7(11-4-2)5-6-8(9)10/h7H,3-4H2,1-2H3,(H,9,10). The number of ether oxygens (including phenoxy) is 1. The molecule has 0 aliphatic heterocycles. The van der Waals surface area contributed by atoms with Gasteiger partial charge >= 0.3 is 5.97 Å². The molecular formula is C8H12O3. The van der Waals surface area contributed by atoms with Gasteiger partial charge in [-0.25, -0.2) is 4.79 Å². The summed E-state index contributed by atoms with van der Waals surface area (Å²) in [5.41, 5.74) is 0. The monoisotopic (exact) mass is 156 g/mol. The van der Waals surface area contributed by atoms with Crippen molar-refractivity contribution in [3.05, 3.63) is 0 Å². The third kappa shape index (κ3) is 5.43. The van der Waals surface area contributed by atoms with Crippen LogP contribution in [0.4, 0.5) is 0 Å². The van der Waals surface area contributed by atoms with Gasteiger partial charge in [-0.15, -0.1) is 0 Å². The predicted molar refractivity (Wildman–Crippen MR) is 41.1 cm³/mol. The van der Waals surface area contributed by atoms with Gasteiger partial charge in [-0.1, -0.05) is 12.8 Å². The van der Waals surface area contributed by atoms with Crippen LogP contribution in [0.5, 0.6) is 0 Å². The first-order valence-corrected chi connectivity index (χ1v) is 3.56. The van der Waals surface area contributed by atoms with Crippen LogP contribution in [0, 0.1) is 11.8 Å². The van der Waals surface area contributed by atoms with Crippen molar-refractivity contribution in [2.45, 2.75) is 26.4 Å². The van der Waals surface area contributed by atoms with Gasteiger partial charge in [0.05, 0.1) is 0 Å². The van der Waals surface area contributed by atoms with Gasteiger partial charge in [-0.3, -0.25) is 0 Å². The Bertz CT molecular complexity index is 176.